The first-order chi connectivity index (χ1) is 12.6. The summed E-state index contributed by atoms with van der Waals surface area (Å²) in [5.41, 5.74) is 1.57. The molecule has 0 amide bonds. The Kier molecular flexibility index (Phi) is 7.93. The maximum atomic E-state index is 12.4. The Morgan fingerprint density at radius 1 is 1.08 bits per heavy atom. The maximum Gasteiger partial charge on any atom is 0.307 e. The second-order valence-electron chi connectivity index (χ2n) is 6.39. The predicted molar refractivity (Wildman–Crippen MR) is 101 cm³/mol. The van der Waals surface area contributed by atoms with Crippen LogP contribution in [0.4, 0.5) is 0 Å². The van der Waals surface area contributed by atoms with Crippen molar-refractivity contribution < 1.29 is 19.4 Å². The Balaban J connectivity index is 2.11. The lowest BCUT2D eigenvalue weighted by Crippen LogP contribution is -2.29. The maximum absolute atomic E-state index is 12.4. The number of carboxylic acids is 1. The van der Waals surface area contributed by atoms with E-state index in [4.69, 9.17) is 9.84 Å². The molecule has 0 bridgehead atoms. The molecule has 1 aromatic carbocycles. The van der Waals surface area contributed by atoms with Gasteiger partial charge in [-0.2, -0.15) is 4.73 Å². The van der Waals surface area contributed by atoms with Gasteiger partial charge in [0, 0.05) is 6.07 Å². The summed E-state index contributed by atoms with van der Waals surface area (Å²) in [6, 6.07) is 10.5. The fourth-order valence-corrected chi connectivity index (χ4v) is 2.97. The Morgan fingerprint density at radius 2 is 1.81 bits per heavy atom. The molecule has 26 heavy (non-hydrogen) atoms. The minimum absolute atomic E-state index is 0.137. The molecule has 5 heteroatoms. The number of hydrogen-bond donors (Lipinski definition) is 1. The zero-order chi connectivity index (χ0) is 18.8. The Labute approximate surface area is 154 Å². The number of carbonyl (C=O) groups is 1. The number of unbranched alkanes of at least 4 members (excludes halogenated alkanes) is 5. The first-order valence-corrected chi connectivity index (χ1v) is 9.28. The van der Waals surface area contributed by atoms with Gasteiger partial charge in [0.25, 0.3) is 5.69 Å². The van der Waals surface area contributed by atoms with Crippen molar-refractivity contribution in [2.45, 2.75) is 51.9 Å². The van der Waals surface area contributed by atoms with Crippen LogP contribution in [0.3, 0.4) is 0 Å². The monoisotopic (exact) mass is 357 g/mol. The number of aromatic nitrogens is 1. The normalized spacial score (nSPS) is 10.7. The van der Waals surface area contributed by atoms with Crippen molar-refractivity contribution in [3.63, 3.8) is 0 Å². The van der Waals surface area contributed by atoms with Gasteiger partial charge in [0.1, 0.15) is 0 Å². The average Bonchev–Trinajstić information content (AvgIpc) is 2.61. The number of ether oxygens (including phenoxy) is 1. The molecule has 0 aliphatic carbocycles. The van der Waals surface area contributed by atoms with Crippen LogP contribution in [0.15, 0.2) is 42.6 Å². The minimum atomic E-state index is -0.930. The van der Waals surface area contributed by atoms with Crippen LogP contribution in [0.2, 0.25) is 0 Å². The number of rotatable bonds is 11. The fraction of sp³-hybridized carbons (Fsp3) is 0.429. The van der Waals surface area contributed by atoms with Gasteiger partial charge >= 0.3 is 5.97 Å². The Hall–Kier alpha value is -2.56. The number of benzene rings is 1. The first kappa shape index (κ1) is 19.8. The largest absolute Gasteiger partial charge is 0.618 e. The van der Waals surface area contributed by atoms with Gasteiger partial charge in [0.05, 0.1) is 18.6 Å². The molecule has 1 N–H and O–H groups in total. The summed E-state index contributed by atoms with van der Waals surface area (Å²) in [5.74, 6) is -0.436. The van der Waals surface area contributed by atoms with Crippen molar-refractivity contribution >= 4 is 5.97 Å². The van der Waals surface area contributed by atoms with E-state index < -0.39 is 5.97 Å². The molecule has 0 aliphatic rings. The van der Waals surface area contributed by atoms with Crippen LogP contribution in [-0.4, -0.2) is 17.7 Å². The van der Waals surface area contributed by atoms with E-state index in [0.717, 1.165) is 17.6 Å². The lowest BCUT2D eigenvalue weighted by molar-refractivity contribution is -0.594. The van der Waals surface area contributed by atoms with Crippen molar-refractivity contribution in [2.75, 3.05) is 6.61 Å². The van der Waals surface area contributed by atoms with E-state index >= 15 is 0 Å². The Bertz CT molecular complexity index is 715. The summed E-state index contributed by atoms with van der Waals surface area (Å²) >= 11 is 0. The van der Waals surface area contributed by atoms with E-state index in [1.165, 1.54) is 31.9 Å². The van der Waals surface area contributed by atoms with Gasteiger partial charge in [-0.25, -0.2) is 0 Å². The molecule has 0 spiro atoms. The van der Waals surface area contributed by atoms with Gasteiger partial charge in [0.2, 0.25) is 0 Å². The lowest BCUT2D eigenvalue weighted by atomic mass is 10.0. The second-order valence-corrected chi connectivity index (χ2v) is 6.39. The molecule has 0 saturated carbocycles. The van der Waals surface area contributed by atoms with Crippen LogP contribution >= 0.6 is 0 Å². The van der Waals surface area contributed by atoms with Crippen LogP contribution in [0.1, 0.15) is 51.0 Å². The van der Waals surface area contributed by atoms with Gasteiger partial charge in [-0.05, 0) is 24.1 Å². The molecule has 1 heterocycles. The topological polar surface area (TPSA) is 73.5 Å². The molecule has 1 aromatic heterocycles. The number of nitrogens with zero attached hydrogens (tertiary/aromatic N) is 1. The van der Waals surface area contributed by atoms with E-state index in [9.17, 15) is 10.0 Å². The molecule has 0 unspecified atom stereocenters. The summed E-state index contributed by atoms with van der Waals surface area (Å²) in [6.45, 7) is 2.74. The van der Waals surface area contributed by atoms with Gasteiger partial charge in [-0.3, -0.25) is 4.79 Å². The third kappa shape index (κ3) is 5.76. The van der Waals surface area contributed by atoms with Crippen molar-refractivity contribution in [1.82, 2.24) is 0 Å². The zero-order valence-electron chi connectivity index (χ0n) is 15.3. The van der Waals surface area contributed by atoms with E-state index in [-0.39, 0.29) is 6.42 Å². The van der Waals surface area contributed by atoms with Crippen LogP contribution in [0.5, 0.6) is 5.75 Å². The zero-order valence-corrected chi connectivity index (χ0v) is 15.3. The van der Waals surface area contributed by atoms with Crippen molar-refractivity contribution in [3.05, 3.63) is 53.4 Å². The van der Waals surface area contributed by atoms with Gasteiger partial charge in [-0.15, -0.1) is 0 Å². The van der Waals surface area contributed by atoms with Crippen molar-refractivity contribution in [2.24, 2.45) is 0 Å². The number of hydrogen-bond acceptors (Lipinski definition) is 3. The van der Waals surface area contributed by atoms with Gasteiger partial charge in [-0.1, -0.05) is 57.2 Å². The summed E-state index contributed by atoms with van der Waals surface area (Å²) in [6.07, 6.45) is 8.25. The van der Waals surface area contributed by atoms with Gasteiger partial charge in [0.15, 0.2) is 11.9 Å². The molecule has 0 aliphatic heterocycles. The highest BCUT2D eigenvalue weighted by molar-refractivity contribution is 5.76. The van der Waals surface area contributed by atoms with Crippen LogP contribution in [0.25, 0.3) is 11.3 Å². The Morgan fingerprint density at radius 3 is 2.58 bits per heavy atom. The highest BCUT2D eigenvalue weighted by atomic mass is 16.5. The van der Waals surface area contributed by atoms with E-state index in [0.29, 0.717) is 29.2 Å². The van der Waals surface area contributed by atoms with E-state index in [1.807, 2.05) is 0 Å². The third-order valence-electron chi connectivity index (χ3n) is 4.29. The third-order valence-corrected chi connectivity index (χ3v) is 4.29. The molecular formula is C21H27NO4. The number of pyridine rings is 1. The molecule has 0 radical (unpaired) electrons. The number of aliphatic carboxylic acids is 1. The van der Waals surface area contributed by atoms with Crippen molar-refractivity contribution in [1.29, 1.82) is 0 Å². The van der Waals surface area contributed by atoms with E-state index in [1.54, 1.807) is 36.4 Å². The fourth-order valence-electron chi connectivity index (χ4n) is 2.97. The minimum Gasteiger partial charge on any atom is -0.618 e. The summed E-state index contributed by atoms with van der Waals surface area (Å²) < 4.78 is 6.62. The first-order valence-electron chi connectivity index (χ1n) is 9.28. The van der Waals surface area contributed by atoms with E-state index in [2.05, 4.69) is 6.92 Å². The summed E-state index contributed by atoms with van der Waals surface area (Å²) in [7, 11) is 0. The molecule has 2 aromatic rings. The van der Waals surface area contributed by atoms with Gasteiger partial charge < -0.3 is 15.1 Å². The van der Waals surface area contributed by atoms with Crippen molar-refractivity contribution in [3.8, 4) is 17.0 Å². The SMILES string of the molecule is CCCCCCCCOc1ccc[n+]([O-])c1-c1ccccc1CC(=O)O. The quantitative estimate of drug-likeness (QED) is 0.368. The molecule has 0 fully saturated rings. The van der Waals surface area contributed by atoms with Crippen LogP contribution in [0, 0.1) is 5.21 Å². The smallest absolute Gasteiger partial charge is 0.307 e. The molecule has 0 saturated heterocycles. The molecule has 0 atom stereocenters. The molecular weight excluding hydrogens is 330 g/mol. The molecule has 140 valence electrons. The summed E-state index contributed by atoms with van der Waals surface area (Å²) in [5, 5.41) is 21.5. The lowest BCUT2D eigenvalue weighted by Gasteiger charge is -2.13. The average molecular weight is 357 g/mol. The number of carboxylic acid groups (broad SMARTS) is 1. The molecule has 2 rings (SSSR count). The molecule has 5 nitrogen and oxygen atoms in total. The second kappa shape index (κ2) is 10.4. The highest BCUT2D eigenvalue weighted by Gasteiger charge is 2.20. The predicted octanol–water partition coefficient (Wildman–Crippen LogP) is 4.35. The highest BCUT2D eigenvalue weighted by Crippen LogP contribution is 2.29. The van der Waals surface area contributed by atoms with Crippen LogP contribution < -0.4 is 9.47 Å². The standard InChI is InChI=1S/C21H27NO4/c1-2-3-4-5-6-9-15-26-19-13-10-14-22(25)21(19)18-12-8-7-11-17(18)16-20(23)24/h7-8,10-14H,2-6,9,15-16H2,1H3,(H,23,24). The summed E-state index contributed by atoms with van der Waals surface area (Å²) in [4.78, 5) is 11.1. The van der Waals surface area contributed by atoms with Crippen LogP contribution in [-0.2, 0) is 11.2 Å².